The van der Waals surface area contributed by atoms with Crippen molar-refractivity contribution in [3.8, 4) is 11.4 Å². The molecule has 0 aromatic carbocycles. The van der Waals surface area contributed by atoms with Crippen molar-refractivity contribution >= 4 is 11.7 Å². The minimum Gasteiger partial charge on any atom is -0.394 e. The first kappa shape index (κ1) is 17.2. The number of hydrogen-bond donors (Lipinski definition) is 3. The molecule has 1 aliphatic rings. The van der Waals surface area contributed by atoms with Crippen LogP contribution in [0.1, 0.15) is 18.2 Å². The lowest BCUT2D eigenvalue weighted by atomic mass is 10.0. The molecule has 132 valence electrons. The summed E-state index contributed by atoms with van der Waals surface area (Å²) in [5.74, 6) is 1.18. The zero-order chi connectivity index (χ0) is 17.8. The smallest absolute Gasteiger partial charge is 0.219 e. The number of amides is 1. The third-order valence-corrected chi connectivity index (χ3v) is 4.16. The molecule has 25 heavy (non-hydrogen) atoms. The monoisotopic (exact) mass is 343 g/mol. The number of hydrogen-bond acceptors (Lipinski definition) is 7. The fourth-order valence-electron chi connectivity index (χ4n) is 2.75. The van der Waals surface area contributed by atoms with E-state index in [1.807, 2.05) is 12.1 Å². The molecule has 3 N–H and O–H groups in total. The third kappa shape index (κ3) is 3.92. The highest BCUT2D eigenvalue weighted by molar-refractivity contribution is 5.74. The molecule has 1 atom stereocenters. The van der Waals surface area contributed by atoms with E-state index in [1.54, 1.807) is 24.2 Å². The molecule has 2 aromatic rings. The Morgan fingerprint density at radius 1 is 1.36 bits per heavy atom. The fourth-order valence-corrected chi connectivity index (χ4v) is 2.75. The number of nitrogens with one attached hydrogen (secondary N) is 1. The van der Waals surface area contributed by atoms with Crippen LogP contribution in [-0.4, -0.2) is 61.8 Å². The molecule has 2 aromatic heterocycles. The van der Waals surface area contributed by atoms with E-state index >= 15 is 0 Å². The largest absolute Gasteiger partial charge is 0.394 e. The van der Waals surface area contributed by atoms with Crippen molar-refractivity contribution in [2.45, 2.75) is 26.0 Å². The van der Waals surface area contributed by atoms with E-state index < -0.39 is 6.10 Å². The number of nitrogens with zero attached hydrogens (tertiary/aromatic N) is 4. The second-order valence-electron chi connectivity index (χ2n) is 5.96. The van der Waals surface area contributed by atoms with Crippen LogP contribution in [0.5, 0.6) is 0 Å². The number of carbonyl (C=O) groups is 1. The summed E-state index contributed by atoms with van der Waals surface area (Å²) in [4.78, 5) is 26.7. The van der Waals surface area contributed by atoms with Crippen molar-refractivity contribution in [3.05, 3.63) is 35.8 Å². The molecule has 1 aliphatic heterocycles. The minimum atomic E-state index is -0.868. The molecular weight excluding hydrogens is 322 g/mol. The normalized spacial score (nSPS) is 14.8. The Hall–Kier alpha value is -2.58. The van der Waals surface area contributed by atoms with Gasteiger partial charge in [0.2, 0.25) is 5.91 Å². The second kappa shape index (κ2) is 7.54. The van der Waals surface area contributed by atoms with Gasteiger partial charge in [0.25, 0.3) is 0 Å². The van der Waals surface area contributed by atoms with Crippen molar-refractivity contribution < 1.29 is 15.0 Å². The van der Waals surface area contributed by atoms with E-state index in [4.69, 9.17) is 5.11 Å². The van der Waals surface area contributed by atoms with Crippen LogP contribution in [0.4, 0.5) is 5.82 Å². The molecule has 0 bridgehead atoms. The van der Waals surface area contributed by atoms with Crippen LogP contribution in [0.2, 0.25) is 0 Å². The van der Waals surface area contributed by atoms with Crippen LogP contribution >= 0.6 is 0 Å². The Bertz CT molecular complexity index is 753. The predicted molar refractivity (Wildman–Crippen MR) is 91.6 cm³/mol. The SMILES string of the molecule is CC(=O)N1CCc2c(nc(-c3ccncc3)nc2NCC(O)CO)C1. The van der Waals surface area contributed by atoms with Crippen LogP contribution in [0.15, 0.2) is 24.5 Å². The Morgan fingerprint density at radius 3 is 2.80 bits per heavy atom. The second-order valence-corrected chi connectivity index (χ2v) is 5.96. The molecule has 0 spiro atoms. The first-order valence-corrected chi connectivity index (χ1v) is 8.17. The maximum absolute atomic E-state index is 11.7. The third-order valence-electron chi connectivity index (χ3n) is 4.16. The van der Waals surface area contributed by atoms with E-state index in [2.05, 4.69) is 20.3 Å². The molecule has 0 saturated heterocycles. The van der Waals surface area contributed by atoms with Gasteiger partial charge in [0, 0.05) is 43.5 Å². The fraction of sp³-hybridized carbons (Fsp3) is 0.412. The van der Waals surface area contributed by atoms with Gasteiger partial charge >= 0.3 is 0 Å². The van der Waals surface area contributed by atoms with Gasteiger partial charge in [0.15, 0.2) is 5.82 Å². The highest BCUT2D eigenvalue weighted by Crippen LogP contribution is 2.27. The quantitative estimate of drug-likeness (QED) is 0.711. The lowest BCUT2D eigenvalue weighted by molar-refractivity contribution is -0.129. The zero-order valence-electron chi connectivity index (χ0n) is 14.0. The van der Waals surface area contributed by atoms with Crippen LogP contribution < -0.4 is 5.32 Å². The highest BCUT2D eigenvalue weighted by atomic mass is 16.3. The molecule has 1 unspecified atom stereocenters. The van der Waals surface area contributed by atoms with Gasteiger partial charge in [0.05, 0.1) is 24.9 Å². The number of fused-ring (bicyclic) bond motifs is 1. The van der Waals surface area contributed by atoms with Gasteiger partial charge in [-0.1, -0.05) is 0 Å². The van der Waals surface area contributed by atoms with Crippen LogP contribution in [0.3, 0.4) is 0 Å². The summed E-state index contributed by atoms with van der Waals surface area (Å²) in [6, 6.07) is 3.64. The van der Waals surface area contributed by atoms with E-state index in [0.717, 1.165) is 16.8 Å². The molecule has 8 nitrogen and oxygen atoms in total. The number of aromatic nitrogens is 3. The van der Waals surface area contributed by atoms with Crippen molar-refractivity contribution in [2.24, 2.45) is 0 Å². The highest BCUT2D eigenvalue weighted by Gasteiger charge is 2.24. The van der Waals surface area contributed by atoms with Crippen LogP contribution in [-0.2, 0) is 17.8 Å². The Balaban J connectivity index is 1.98. The van der Waals surface area contributed by atoms with Crippen molar-refractivity contribution in [1.82, 2.24) is 19.9 Å². The predicted octanol–water partition coefficient (Wildman–Crippen LogP) is 0.208. The summed E-state index contributed by atoms with van der Waals surface area (Å²) >= 11 is 0. The van der Waals surface area contributed by atoms with Crippen LogP contribution in [0, 0.1) is 0 Å². The zero-order valence-corrected chi connectivity index (χ0v) is 14.0. The number of carbonyl (C=O) groups excluding carboxylic acids is 1. The molecule has 0 aliphatic carbocycles. The van der Waals surface area contributed by atoms with Gasteiger partial charge in [-0.05, 0) is 18.6 Å². The summed E-state index contributed by atoms with van der Waals surface area (Å²) in [5.41, 5.74) is 2.56. The molecular formula is C17H21N5O3. The summed E-state index contributed by atoms with van der Waals surface area (Å²) in [5, 5.41) is 21.7. The first-order valence-electron chi connectivity index (χ1n) is 8.17. The van der Waals surface area contributed by atoms with Gasteiger partial charge in [0.1, 0.15) is 5.82 Å². The summed E-state index contributed by atoms with van der Waals surface area (Å²) in [6.45, 7) is 2.45. The molecule has 3 rings (SSSR count). The van der Waals surface area contributed by atoms with Gasteiger partial charge in [-0.3, -0.25) is 9.78 Å². The minimum absolute atomic E-state index is 0.0138. The topological polar surface area (TPSA) is 111 Å². The van der Waals surface area contributed by atoms with Crippen molar-refractivity contribution in [2.75, 3.05) is 25.0 Å². The van der Waals surface area contributed by atoms with Gasteiger partial charge < -0.3 is 20.4 Å². The Labute approximate surface area is 145 Å². The van der Waals surface area contributed by atoms with Crippen LogP contribution in [0.25, 0.3) is 11.4 Å². The lowest BCUT2D eigenvalue weighted by Gasteiger charge is -2.29. The lowest BCUT2D eigenvalue weighted by Crippen LogP contribution is -2.36. The summed E-state index contributed by atoms with van der Waals surface area (Å²) in [7, 11) is 0. The molecule has 8 heteroatoms. The number of pyridine rings is 1. The Morgan fingerprint density at radius 2 is 2.12 bits per heavy atom. The molecule has 0 fully saturated rings. The maximum atomic E-state index is 11.7. The molecule has 0 saturated carbocycles. The van der Waals surface area contributed by atoms with E-state index in [-0.39, 0.29) is 19.1 Å². The number of anilines is 1. The van der Waals surface area contributed by atoms with Gasteiger partial charge in [-0.2, -0.15) is 0 Å². The molecule has 1 amide bonds. The van der Waals surface area contributed by atoms with E-state index in [1.165, 1.54) is 0 Å². The van der Waals surface area contributed by atoms with E-state index in [0.29, 0.717) is 31.2 Å². The van der Waals surface area contributed by atoms with Crippen molar-refractivity contribution in [3.63, 3.8) is 0 Å². The van der Waals surface area contributed by atoms with Gasteiger partial charge in [-0.25, -0.2) is 9.97 Å². The Kier molecular flexibility index (Phi) is 5.20. The van der Waals surface area contributed by atoms with Gasteiger partial charge in [-0.15, -0.1) is 0 Å². The number of rotatable bonds is 5. The van der Waals surface area contributed by atoms with E-state index in [9.17, 15) is 9.90 Å². The standard InChI is InChI=1S/C17H21N5O3/c1-11(24)22-7-4-14-15(9-22)20-16(12-2-5-18-6-3-12)21-17(14)19-8-13(25)10-23/h2-3,5-6,13,23,25H,4,7-10H2,1H3,(H,19,20,21). The average Bonchev–Trinajstić information content (AvgIpc) is 2.65. The number of aliphatic hydroxyl groups excluding tert-OH is 2. The average molecular weight is 343 g/mol. The van der Waals surface area contributed by atoms with Crippen molar-refractivity contribution in [1.29, 1.82) is 0 Å². The summed E-state index contributed by atoms with van der Waals surface area (Å²) in [6.07, 6.45) is 3.11. The molecule has 0 radical (unpaired) electrons. The molecule has 3 heterocycles. The maximum Gasteiger partial charge on any atom is 0.219 e. The number of aliphatic hydroxyl groups is 2. The first-order chi connectivity index (χ1) is 12.1. The summed E-state index contributed by atoms with van der Waals surface area (Å²) < 4.78 is 0.